The van der Waals surface area contributed by atoms with Crippen LogP contribution in [0.1, 0.15) is 52.0 Å². The summed E-state index contributed by atoms with van der Waals surface area (Å²) in [4.78, 5) is 0. The van der Waals surface area contributed by atoms with Gasteiger partial charge in [0.25, 0.3) is 0 Å². The fourth-order valence-electron chi connectivity index (χ4n) is 3.90. The first-order valence-electron chi connectivity index (χ1n) is 9.29. The molecule has 1 aliphatic carbocycles. The zero-order valence-corrected chi connectivity index (χ0v) is 15.6. The number of nitrogens with one attached hydrogen (secondary N) is 1. The monoisotopic (exact) mass is 325 g/mol. The van der Waals surface area contributed by atoms with Crippen LogP contribution in [0.3, 0.4) is 0 Å². The summed E-state index contributed by atoms with van der Waals surface area (Å²) in [6, 6.07) is 13.1. The first kappa shape index (κ1) is 17.3. The zero-order valence-electron chi connectivity index (χ0n) is 15.6. The summed E-state index contributed by atoms with van der Waals surface area (Å²) >= 11 is 0. The van der Waals surface area contributed by atoms with Crippen molar-refractivity contribution in [3.8, 4) is 5.75 Å². The van der Waals surface area contributed by atoms with Gasteiger partial charge in [0.15, 0.2) is 0 Å². The third-order valence-electron chi connectivity index (χ3n) is 5.46. The second kappa shape index (κ2) is 7.14. The molecule has 0 bridgehead atoms. The van der Waals surface area contributed by atoms with Crippen LogP contribution in [0.15, 0.2) is 36.4 Å². The summed E-state index contributed by atoms with van der Waals surface area (Å²) in [6.45, 7) is 8.00. The summed E-state index contributed by atoms with van der Waals surface area (Å²) in [5, 5.41) is 5.75. The summed E-state index contributed by atoms with van der Waals surface area (Å²) in [5.41, 5.74) is 1.75. The molecular formula is C22H31NO. The van der Waals surface area contributed by atoms with Crippen molar-refractivity contribution in [2.45, 2.75) is 59.1 Å². The van der Waals surface area contributed by atoms with Gasteiger partial charge in [-0.25, -0.2) is 0 Å². The van der Waals surface area contributed by atoms with E-state index < -0.39 is 0 Å². The van der Waals surface area contributed by atoms with Gasteiger partial charge in [0.1, 0.15) is 5.75 Å². The summed E-state index contributed by atoms with van der Waals surface area (Å²) in [5.74, 6) is 1.85. The van der Waals surface area contributed by atoms with Gasteiger partial charge in [0.2, 0.25) is 0 Å². The Morgan fingerprint density at radius 3 is 2.29 bits per heavy atom. The number of benzene rings is 2. The molecule has 0 aromatic heterocycles. The van der Waals surface area contributed by atoms with Crippen molar-refractivity contribution in [2.75, 3.05) is 7.05 Å². The van der Waals surface area contributed by atoms with Crippen LogP contribution in [0.4, 0.5) is 0 Å². The first-order valence-corrected chi connectivity index (χ1v) is 9.29. The molecule has 3 rings (SSSR count). The van der Waals surface area contributed by atoms with Crippen molar-refractivity contribution < 1.29 is 4.74 Å². The lowest BCUT2D eigenvalue weighted by molar-refractivity contribution is 0.0883. The molecule has 0 spiro atoms. The molecule has 2 aromatic carbocycles. The molecule has 0 heterocycles. The van der Waals surface area contributed by atoms with E-state index in [1.165, 1.54) is 42.0 Å². The van der Waals surface area contributed by atoms with Gasteiger partial charge in [0.05, 0.1) is 6.10 Å². The van der Waals surface area contributed by atoms with E-state index in [1.807, 2.05) is 7.05 Å². The average molecular weight is 325 g/mol. The second-order valence-electron chi connectivity index (χ2n) is 8.33. The molecule has 0 radical (unpaired) electrons. The lowest BCUT2D eigenvalue weighted by Crippen LogP contribution is -2.30. The van der Waals surface area contributed by atoms with Crippen LogP contribution in [0, 0.1) is 11.3 Å². The quantitative estimate of drug-likeness (QED) is 0.796. The highest BCUT2D eigenvalue weighted by Gasteiger charge is 2.30. The summed E-state index contributed by atoms with van der Waals surface area (Å²) < 4.78 is 6.29. The molecule has 130 valence electrons. The third kappa shape index (κ3) is 4.10. The molecule has 1 saturated carbocycles. The van der Waals surface area contributed by atoms with Gasteiger partial charge in [0, 0.05) is 6.54 Å². The maximum atomic E-state index is 6.29. The Morgan fingerprint density at radius 1 is 0.958 bits per heavy atom. The van der Waals surface area contributed by atoms with Gasteiger partial charge in [-0.05, 0) is 78.6 Å². The zero-order chi connectivity index (χ0) is 17.2. The smallest absolute Gasteiger partial charge is 0.120 e. The van der Waals surface area contributed by atoms with Crippen LogP contribution in [-0.4, -0.2) is 13.2 Å². The fraction of sp³-hybridized carbons (Fsp3) is 0.545. The predicted octanol–water partition coefficient (Wildman–Crippen LogP) is 5.54. The van der Waals surface area contributed by atoms with Crippen LogP contribution in [0.2, 0.25) is 0 Å². The first-order chi connectivity index (χ1) is 11.5. The van der Waals surface area contributed by atoms with Gasteiger partial charge in [-0.15, -0.1) is 0 Å². The van der Waals surface area contributed by atoms with Gasteiger partial charge in [-0.2, -0.15) is 0 Å². The normalized spacial score (nSPS) is 21.8. The Kier molecular flexibility index (Phi) is 5.15. The van der Waals surface area contributed by atoms with Gasteiger partial charge < -0.3 is 10.1 Å². The molecule has 0 atom stereocenters. The predicted molar refractivity (Wildman–Crippen MR) is 103 cm³/mol. The van der Waals surface area contributed by atoms with E-state index in [0.29, 0.717) is 11.5 Å². The van der Waals surface area contributed by atoms with Gasteiger partial charge in [-0.3, -0.25) is 0 Å². The standard InChI is InChI=1S/C22H31NO/c1-22(2,3)19-8-11-20(12-9-19)24-21-10-7-17-13-16(15-23-4)5-6-18(17)14-21/h5-7,10,13-14,19-20,23H,8-9,11-12,15H2,1-4H3/t19-,20-. The van der Waals surface area contributed by atoms with E-state index in [2.05, 4.69) is 62.5 Å². The van der Waals surface area contributed by atoms with Gasteiger partial charge >= 0.3 is 0 Å². The number of hydrogen-bond donors (Lipinski definition) is 1. The van der Waals surface area contributed by atoms with E-state index in [0.717, 1.165) is 18.2 Å². The van der Waals surface area contributed by atoms with Crippen LogP contribution in [0.5, 0.6) is 5.75 Å². The highest BCUT2D eigenvalue weighted by molar-refractivity contribution is 5.84. The minimum absolute atomic E-state index is 0.379. The van der Waals surface area contributed by atoms with E-state index >= 15 is 0 Å². The molecule has 24 heavy (non-hydrogen) atoms. The van der Waals surface area contributed by atoms with Crippen molar-refractivity contribution >= 4 is 10.8 Å². The minimum atomic E-state index is 0.379. The molecule has 2 nitrogen and oxygen atoms in total. The van der Waals surface area contributed by atoms with E-state index in [-0.39, 0.29) is 0 Å². The number of ether oxygens (including phenoxy) is 1. The Balaban J connectivity index is 1.65. The molecule has 2 aromatic rings. The summed E-state index contributed by atoms with van der Waals surface area (Å²) in [6.07, 6.45) is 5.32. The van der Waals surface area contributed by atoms with E-state index in [1.54, 1.807) is 0 Å². The number of rotatable bonds is 4. The minimum Gasteiger partial charge on any atom is -0.490 e. The molecule has 0 aliphatic heterocycles. The maximum Gasteiger partial charge on any atom is 0.120 e. The summed E-state index contributed by atoms with van der Waals surface area (Å²) in [7, 11) is 1.98. The van der Waals surface area contributed by atoms with E-state index in [9.17, 15) is 0 Å². The van der Waals surface area contributed by atoms with Crippen LogP contribution in [0.25, 0.3) is 10.8 Å². The van der Waals surface area contributed by atoms with Crippen molar-refractivity contribution in [2.24, 2.45) is 11.3 Å². The Hall–Kier alpha value is -1.54. The van der Waals surface area contributed by atoms with Crippen LogP contribution < -0.4 is 10.1 Å². The molecule has 1 aliphatic rings. The Labute approximate surface area is 146 Å². The van der Waals surface area contributed by atoms with Crippen LogP contribution >= 0.6 is 0 Å². The van der Waals surface area contributed by atoms with Crippen molar-refractivity contribution in [3.05, 3.63) is 42.0 Å². The molecule has 0 amide bonds. The maximum absolute atomic E-state index is 6.29. The molecule has 0 unspecified atom stereocenters. The van der Waals surface area contributed by atoms with Crippen molar-refractivity contribution in [3.63, 3.8) is 0 Å². The lowest BCUT2D eigenvalue weighted by atomic mass is 9.72. The van der Waals surface area contributed by atoms with Crippen LogP contribution in [-0.2, 0) is 6.54 Å². The van der Waals surface area contributed by atoms with Crippen molar-refractivity contribution in [1.82, 2.24) is 5.32 Å². The topological polar surface area (TPSA) is 21.3 Å². The average Bonchev–Trinajstić information content (AvgIpc) is 2.55. The van der Waals surface area contributed by atoms with E-state index in [4.69, 9.17) is 4.74 Å². The molecule has 1 fully saturated rings. The molecular weight excluding hydrogens is 294 g/mol. The second-order valence-corrected chi connectivity index (χ2v) is 8.33. The Morgan fingerprint density at radius 2 is 1.62 bits per heavy atom. The Bertz CT molecular complexity index is 678. The molecule has 0 saturated heterocycles. The largest absolute Gasteiger partial charge is 0.490 e. The third-order valence-corrected chi connectivity index (χ3v) is 5.46. The highest BCUT2D eigenvalue weighted by Crippen LogP contribution is 2.38. The number of hydrogen-bond acceptors (Lipinski definition) is 2. The van der Waals surface area contributed by atoms with Crippen molar-refractivity contribution in [1.29, 1.82) is 0 Å². The lowest BCUT2D eigenvalue weighted by Gasteiger charge is -2.37. The number of fused-ring (bicyclic) bond motifs is 1. The fourth-order valence-corrected chi connectivity index (χ4v) is 3.90. The SMILES string of the molecule is CNCc1ccc2cc(O[C@H]3CC[C@H](C(C)(C)C)CC3)ccc2c1. The molecule has 1 N–H and O–H groups in total. The van der Waals surface area contributed by atoms with Gasteiger partial charge in [-0.1, -0.05) is 39.0 Å². The highest BCUT2D eigenvalue weighted by atomic mass is 16.5. The molecule has 2 heteroatoms.